The molecule has 1 aliphatic heterocycles. The van der Waals surface area contributed by atoms with Crippen molar-refractivity contribution in [3.63, 3.8) is 0 Å². The van der Waals surface area contributed by atoms with E-state index in [1.54, 1.807) is 20.0 Å². The number of aliphatic carboxylic acids is 1. The topological polar surface area (TPSA) is 110 Å². The monoisotopic (exact) mass is 567 g/mol. The normalized spacial score (nSPS) is 15.2. The lowest BCUT2D eigenvalue weighted by Gasteiger charge is -2.33. The maximum Gasteiger partial charge on any atom is 0.309 e. The summed E-state index contributed by atoms with van der Waals surface area (Å²) in [5.41, 5.74) is 1.80. The van der Waals surface area contributed by atoms with Gasteiger partial charge in [-0.2, -0.15) is 4.98 Å². The van der Waals surface area contributed by atoms with Gasteiger partial charge in [-0.25, -0.2) is 9.97 Å². The van der Waals surface area contributed by atoms with Crippen LogP contribution in [0.2, 0.25) is 0 Å². The highest BCUT2D eigenvalue weighted by atomic mass is 16.5. The molecule has 2 aromatic heterocycles. The van der Waals surface area contributed by atoms with Gasteiger partial charge in [-0.1, -0.05) is 36.4 Å². The molecule has 4 aromatic rings. The van der Waals surface area contributed by atoms with E-state index < -0.39 is 11.4 Å². The number of nitrogens with one attached hydrogen (secondary N) is 1. The minimum atomic E-state index is -0.853. The second-order valence-corrected chi connectivity index (χ2v) is 11.0. The molecule has 0 spiro atoms. The molecule has 0 bridgehead atoms. The standard InChI is InChI=1S/C33H37N5O4/c1-4-41-27-14-5-6-15-28(27)42-25-12-9-19-38(22-25)32-34-18-17-30(37-32)36-29-16-8-13-26(35-29)24-11-7-10-23(20-24)21-33(2,3)31(39)40/h5-8,10-11,13-18,20,25H,4,9,12,19,21-22H2,1-3H3,(H,39,40)(H,34,35,36,37). The number of carboxylic acid groups (broad SMARTS) is 1. The summed E-state index contributed by atoms with van der Waals surface area (Å²) in [6.45, 7) is 7.54. The molecular formula is C33H37N5O4. The zero-order valence-corrected chi connectivity index (χ0v) is 24.3. The van der Waals surface area contributed by atoms with E-state index in [1.807, 2.05) is 79.7 Å². The number of piperidine rings is 1. The number of anilines is 3. The number of hydrogen-bond acceptors (Lipinski definition) is 8. The Morgan fingerprint density at radius 2 is 1.81 bits per heavy atom. The summed E-state index contributed by atoms with van der Waals surface area (Å²) in [5.74, 6) is 2.62. The Balaban J connectivity index is 1.27. The van der Waals surface area contributed by atoms with E-state index in [1.165, 1.54) is 0 Å². The fraction of sp³-hybridized carbons (Fsp3) is 0.333. The molecule has 1 atom stereocenters. The lowest BCUT2D eigenvalue weighted by molar-refractivity contribution is -0.146. The third kappa shape index (κ3) is 7.15. The molecule has 9 heteroatoms. The Morgan fingerprint density at radius 1 is 1.02 bits per heavy atom. The van der Waals surface area contributed by atoms with Crippen molar-refractivity contribution in [1.29, 1.82) is 0 Å². The van der Waals surface area contributed by atoms with Gasteiger partial charge in [0.1, 0.15) is 17.7 Å². The van der Waals surface area contributed by atoms with Crippen LogP contribution in [-0.2, 0) is 11.2 Å². The van der Waals surface area contributed by atoms with Crippen LogP contribution in [-0.4, -0.2) is 51.8 Å². The van der Waals surface area contributed by atoms with Crippen molar-refractivity contribution in [1.82, 2.24) is 15.0 Å². The number of para-hydroxylation sites is 2. The number of carboxylic acids is 1. The molecule has 1 fully saturated rings. The van der Waals surface area contributed by atoms with E-state index in [4.69, 9.17) is 19.4 Å². The van der Waals surface area contributed by atoms with Crippen LogP contribution in [0.15, 0.2) is 79.0 Å². The van der Waals surface area contributed by atoms with Crippen LogP contribution in [0.5, 0.6) is 11.5 Å². The quantitative estimate of drug-likeness (QED) is 0.213. The van der Waals surface area contributed by atoms with Crippen LogP contribution in [0.25, 0.3) is 11.3 Å². The zero-order chi connectivity index (χ0) is 29.5. The predicted octanol–water partition coefficient (Wildman–Crippen LogP) is 6.38. The highest BCUT2D eigenvalue weighted by Gasteiger charge is 2.27. The van der Waals surface area contributed by atoms with Crippen LogP contribution in [0.3, 0.4) is 0 Å². The molecule has 0 saturated carbocycles. The predicted molar refractivity (Wildman–Crippen MR) is 164 cm³/mol. The van der Waals surface area contributed by atoms with E-state index in [-0.39, 0.29) is 6.10 Å². The van der Waals surface area contributed by atoms with Gasteiger partial charge >= 0.3 is 5.97 Å². The molecule has 42 heavy (non-hydrogen) atoms. The Morgan fingerprint density at radius 3 is 2.62 bits per heavy atom. The molecule has 5 rings (SSSR count). The number of carbonyl (C=O) groups is 1. The van der Waals surface area contributed by atoms with E-state index in [0.717, 1.165) is 47.7 Å². The van der Waals surface area contributed by atoms with Gasteiger partial charge in [0.25, 0.3) is 0 Å². The average molecular weight is 568 g/mol. The number of hydrogen-bond donors (Lipinski definition) is 2. The van der Waals surface area contributed by atoms with Gasteiger partial charge in [0.15, 0.2) is 11.5 Å². The molecule has 2 N–H and O–H groups in total. The van der Waals surface area contributed by atoms with E-state index in [2.05, 4.69) is 15.2 Å². The zero-order valence-electron chi connectivity index (χ0n) is 24.3. The first-order valence-electron chi connectivity index (χ1n) is 14.3. The largest absolute Gasteiger partial charge is 0.490 e. The van der Waals surface area contributed by atoms with Crippen molar-refractivity contribution in [3.05, 3.63) is 84.6 Å². The molecule has 9 nitrogen and oxygen atoms in total. The van der Waals surface area contributed by atoms with Crippen molar-refractivity contribution in [2.45, 2.75) is 46.1 Å². The van der Waals surface area contributed by atoms with Gasteiger partial charge in [0.2, 0.25) is 5.95 Å². The SMILES string of the molecule is CCOc1ccccc1OC1CCCN(c2nccc(Nc3cccc(-c4cccc(CC(C)(C)C(=O)O)c4)n3)n2)C1. The summed E-state index contributed by atoms with van der Waals surface area (Å²) < 4.78 is 12.1. The van der Waals surface area contributed by atoms with Gasteiger partial charge in [-0.15, -0.1) is 0 Å². The van der Waals surface area contributed by atoms with Crippen molar-refractivity contribution in [2.24, 2.45) is 5.41 Å². The molecule has 218 valence electrons. The molecule has 0 aliphatic carbocycles. The second-order valence-electron chi connectivity index (χ2n) is 11.0. The van der Waals surface area contributed by atoms with Gasteiger partial charge in [-0.3, -0.25) is 4.79 Å². The minimum absolute atomic E-state index is 0.00393. The van der Waals surface area contributed by atoms with Crippen LogP contribution < -0.4 is 19.7 Å². The third-order valence-electron chi connectivity index (χ3n) is 7.20. The lowest BCUT2D eigenvalue weighted by Crippen LogP contribution is -2.42. The molecule has 1 unspecified atom stereocenters. The molecule has 3 heterocycles. The van der Waals surface area contributed by atoms with Crippen LogP contribution in [0, 0.1) is 5.41 Å². The van der Waals surface area contributed by atoms with Crippen LogP contribution in [0.4, 0.5) is 17.6 Å². The van der Waals surface area contributed by atoms with Gasteiger partial charge in [-0.05, 0) is 82.0 Å². The molecule has 0 amide bonds. The van der Waals surface area contributed by atoms with E-state index in [0.29, 0.717) is 37.2 Å². The number of benzene rings is 2. The molecular weight excluding hydrogens is 530 g/mol. The molecule has 2 aromatic carbocycles. The van der Waals surface area contributed by atoms with Crippen molar-refractivity contribution in [2.75, 3.05) is 29.9 Å². The van der Waals surface area contributed by atoms with E-state index in [9.17, 15) is 9.90 Å². The third-order valence-corrected chi connectivity index (χ3v) is 7.20. The minimum Gasteiger partial charge on any atom is -0.490 e. The van der Waals surface area contributed by atoms with Crippen LogP contribution >= 0.6 is 0 Å². The first-order chi connectivity index (χ1) is 20.3. The number of pyridine rings is 1. The first-order valence-corrected chi connectivity index (χ1v) is 14.3. The summed E-state index contributed by atoms with van der Waals surface area (Å²) in [6.07, 6.45) is 4.09. The number of nitrogens with zero attached hydrogens (tertiary/aromatic N) is 4. The first kappa shape index (κ1) is 28.9. The second kappa shape index (κ2) is 12.9. The average Bonchev–Trinajstić information content (AvgIpc) is 2.99. The van der Waals surface area contributed by atoms with Crippen molar-refractivity contribution in [3.8, 4) is 22.8 Å². The van der Waals surface area contributed by atoms with Crippen molar-refractivity contribution < 1.29 is 19.4 Å². The fourth-order valence-electron chi connectivity index (χ4n) is 5.01. The molecule has 0 radical (unpaired) electrons. The summed E-state index contributed by atoms with van der Waals surface area (Å²) in [4.78, 5) is 27.9. The number of rotatable bonds is 11. The fourth-order valence-corrected chi connectivity index (χ4v) is 5.01. The molecule has 1 saturated heterocycles. The smallest absolute Gasteiger partial charge is 0.309 e. The summed E-state index contributed by atoms with van der Waals surface area (Å²) >= 11 is 0. The summed E-state index contributed by atoms with van der Waals surface area (Å²) in [7, 11) is 0. The Labute approximate surface area is 246 Å². The number of ether oxygens (including phenoxy) is 2. The Bertz CT molecular complexity index is 1530. The van der Waals surface area contributed by atoms with Gasteiger partial charge in [0, 0.05) is 18.3 Å². The highest BCUT2D eigenvalue weighted by Crippen LogP contribution is 2.30. The summed E-state index contributed by atoms with van der Waals surface area (Å²) in [6, 6.07) is 23.2. The van der Waals surface area contributed by atoms with Crippen molar-refractivity contribution >= 4 is 23.6 Å². The van der Waals surface area contributed by atoms with E-state index >= 15 is 0 Å². The number of aromatic nitrogens is 3. The van der Waals surface area contributed by atoms with Gasteiger partial charge in [0.05, 0.1) is 24.3 Å². The van der Waals surface area contributed by atoms with Crippen LogP contribution in [0.1, 0.15) is 39.2 Å². The molecule has 1 aliphatic rings. The summed E-state index contributed by atoms with van der Waals surface area (Å²) in [5, 5.41) is 12.8. The maximum atomic E-state index is 11.6. The van der Waals surface area contributed by atoms with Gasteiger partial charge < -0.3 is 24.8 Å². The lowest BCUT2D eigenvalue weighted by atomic mass is 9.85. The maximum absolute atomic E-state index is 11.6. The Kier molecular flexibility index (Phi) is 8.85. The Hall–Kier alpha value is -4.66. The highest BCUT2D eigenvalue weighted by molar-refractivity contribution is 5.74.